The number of hydrogen-bond acceptors (Lipinski definition) is 5. The number of rotatable bonds is 4. The molecule has 0 radical (unpaired) electrons. The molecule has 1 aromatic heterocycles. The van der Waals surface area contributed by atoms with Crippen LogP contribution in [0.3, 0.4) is 0 Å². The molecule has 1 saturated heterocycles. The van der Waals surface area contributed by atoms with Gasteiger partial charge < -0.3 is 9.42 Å². The fourth-order valence-electron chi connectivity index (χ4n) is 3.24. The van der Waals surface area contributed by atoms with Gasteiger partial charge in [-0.2, -0.15) is 4.31 Å². The highest BCUT2D eigenvalue weighted by atomic mass is 32.2. The van der Waals surface area contributed by atoms with Gasteiger partial charge in [-0.15, -0.1) is 0 Å². The first-order valence-electron chi connectivity index (χ1n) is 8.64. The van der Waals surface area contributed by atoms with Crippen LogP contribution in [0.4, 0.5) is 0 Å². The summed E-state index contributed by atoms with van der Waals surface area (Å²) in [5.74, 6) is 0.316. The molecule has 1 aliphatic rings. The van der Waals surface area contributed by atoms with Gasteiger partial charge in [0.05, 0.1) is 6.42 Å². The van der Waals surface area contributed by atoms with E-state index in [4.69, 9.17) is 4.52 Å². The van der Waals surface area contributed by atoms with E-state index in [0.29, 0.717) is 43.9 Å². The lowest BCUT2D eigenvalue weighted by Gasteiger charge is -2.22. The number of benzene rings is 1. The van der Waals surface area contributed by atoms with Crippen molar-refractivity contribution in [3.63, 3.8) is 0 Å². The molecule has 0 saturated carbocycles. The smallest absolute Gasteiger partial charge is 0.248 e. The molecule has 0 aliphatic carbocycles. The summed E-state index contributed by atoms with van der Waals surface area (Å²) in [6.07, 6.45) is 0.931. The normalized spacial score (nSPS) is 16.5. The van der Waals surface area contributed by atoms with Gasteiger partial charge in [0.15, 0.2) is 5.76 Å². The van der Waals surface area contributed by atoms with Crippen LogP contribution in [0.25, 0.3) is 0 Å². The van der Waals surface area contributed by atoms with Gasteiger partial charge in [-0.25, -0.2) is 8.42 Å². The molecule has 0 unspecified atom stereocenters. The molecule has 140 valence electrons. The van der Waals surface area contributed by atoms with Crippen molar-refractivity contribution in [2.45, 2.75) is 31.6 Å². The van der Waals surface area contributed by atoms with E-state index in [1.807, 2.05) is 30.3 Å². The van der Waals surface area contributed by atoms with E-state index < -0.39 is 10.0 Å². The summed E-state index contributed by atoms with van der Waals surface area (Å²) in [5, 5.41) is 3.75. The van der Waals surface area contributed by atoms with Gasteiger partial charge in [-0.05, 0) is 25.8 Å². The Hall–Kier alpha value is -2.19. The van der Waals surface area contributed by atoms with Gasteiger partial charge in [-0.3, -0.25) is 4.79 Å². The van der Waals surface area contributed by atoms with Gasteiger partial charge >= 0.3 is 0 Å². The molecule has 0 bridgehead atoms. The molecule has 0 atom stereocenters. The largest absolute Gasteiger partial charge is 0.360 e. The summed E-state index contributed by atoms with van der Waals surface area (Å²) in [4.78, 5) is 14.4. The van der Waals surface area contributed by atoms with E-state index in [2.05, 4.69) is 5.16 Å². The van der Waals surface area contributed by atoms with Crippen LogP contribution in [-0.4, -0.2) is 54.9 Å². The van der Waals surface area contributed by atoms with Crippen LogP contribution in [0.5, 0.6) is 0 Å². The maximum atomic E-state index is 12.9. The molecule has 2 heterocycles. The van der Waals surface area contributed by atoms with Gasteiger partial charge in [0.1, 0.15) is 10.6 Å². The zero-order valence-electron chi connectivity index (χ0n) is 15.0. The second-order valence-corrected chi connectivity index (χ2v) is 8.33. The number of hydrogen-bond donors (Lipinski definition) is 0. The minimum Gasteiger partial charge on any atom is -0.360 e. The van der Waals surface area contributed by atoms with Crippen LogP contribution in [0.2, 0.25) is 0 Å². The molecule has 1 fully saturated rings. The number of carbonyl (C=O) groups excluding carboxylic acids is 1. The maximum absolute atomic E-state index is 12.9. The monoisotopic (exact) mass is 377 g/mol. The Balaban J connectivity index is 1.69. The van der Waals surface area contributed by atoms with Crippen LogP contribution in [0.1, 0.15) is 23.4 Å². The molecule has 2 aromatic rings. The zero-order valence-corrected chi connectivity index (χ0v) is 15.8. The standard InChI is InChI=1S/C18H23N3O4S/c1-14-18(15(2)25-19-14)26(23,24)21-10-6-9-20(11-12-21)17(22)13-16-7-4-3-5-8-16/h3-5,7-8H,6,9-13H2,1-2H3. The first-order valence-corrected chi connectivity index (χ1v) is 10.1. The molecule has 3 rings (SSSR count). The Labute approximate surface area is 153 Å². The van der Waals surface area contributed by atoms with Crippen molar-refractivity contribution in [1.82, 2.24) is 14.4 Å². The van der Waals surface area contributed by atoms with Crippen molar-refractivity contribution in [3.05, 3.63) is 47.3 Å². The Morgan fingerprint density at radius 1 is 1.12 bits per heavy atom. The van der Waals surface area contributed by atoms with Crippen LogP contribution in [0.15, 0.2) is 39.8 Å². The highest BCUT2D eigenvalue weighted by Crippen LogP contribution is 2.24. The van der Waals surface area contributed by atoms with E-state index in [-0.39, 0.29) is 17.3 Å². The summed E-state index contributed by atoms with van der Waals surface area (Å²) >= 11 is 0. The van der Waals surface area contributed by atoms with Gasteiger partial charge in [-0.1, -0.05) is 35.5 Å². The zero-order chi connectivity index (χ0) is 18.7. The molecule has 1 aromatic carbocycles. The van der Waals surface area contributed by atoms with Crippen LogP contribution >= 0.6 is 0 Å². The lowest BCUT2D eigenvalue weighted by molar-refractivity contribution is -0.130. The lowest BCUT2D eigenvalue weighted by atomic mass is 10.1. The minimum absolute atomic E-state index is 0.0211. The third-order valence-electron chi connectivity index (χ3n) is 4.57. The quantitative estimate of drug-likeness (QED) is 0.811. The van der Waals surface area contributed by atoms with Crippen molar-refractivity contribution >= 4 is 15.9 Å². The molecule has 26 heavy (non-hydrogen) atoms. The van der Waals surface area contributed by atoms with E-state index in [1.165, 1.54) is 4.31 Å². The van der Waals surface area contributed by atoms with Crippen molar-refractivity contribution in [2.24, 2.45) is 0 Å². The third kappa shape index (κ3) is 3.81. The lowest BCUT2D eigenvalue weighted by Crippen LogP contribution is -2.38. The summed E-state index contributed by atoms with van der Waals surface area (Å²) in [5.41, 5.74) is 1.32. The number of sulfonamides is 1. The fourth-order valence-corrected chi connectivity index (χ4v) is 5.00. The molecule has 1 aliphatic heterocycles. The van der Waals surface area contributed by atoms with Crippen LogP contribution in [0, 0.1) is 13.8 Å². The average molecular weight is 377 g/mol. The first kappa shape index (κ1) is 18.6. The number of aromatic nitrogens is 1. The molecular weight excluding hydrogens is 354 g/mol. The third-order valence-corrected chi connectivity index (χ3v) is 6.72. The van der Waals surface area contributed by atoms with E-state index in [9.17, 15) is 13.2 Å². The average Bonchev–Trinajstić information content (AvgIpc) is 2.82. The molecule has 8 heteroatoms. The van der Waals surface area contributed by atoms with Gasteiger partial charge in [0.2, 0.25) is 15.9 Å². The SMILES string of the molecule is Cc1noc(C)c1S(=O)(=O)N1CCCN(C(=O)Cc2ccccc2)CC1. The maximum Gasteiger partial charge on any atom is 0.248 e. The number of aryl methyl sites for hydroxylation is 2. The summed E-state index contributed by atoms with van der Waals surface area (Å²) < 4.78 is 32.3. The minimum atomic E-state index is -3.67. The number of nitrogens with zero attached hydrogens (tertiary/aromatic N) is 3. The summed E-state index contributed by atoms with van der Waals surface area (Å²) in [6.45, 7) is 4.80. The molecule has 0 spiro atoms. The molecular formula is C18H23N3O4S. The predicted octanol–water partition coefficient (Wildman–Crippen LogP) is 1.76. The number of carbonyl (C=O) groups is 1. The van der Waals surface area contributed by atoms with Crippen LogP contribution < -0.4 is 0 Å². The summed E-state index contributed by atoms with van der Waals surface area (Å²) in [7, 11) is -3.67. The molecule has 0 N–H and O–H groups in total. The van der Waals surface area contributed by atoms with Gasteiger partial charge in [0, 0.05) is 26.2 Å². The Morgan fingerprint density at radius 2 is 1.85 bits per heavy atom. The van der Waals surface area contributed by atoms with Crippen molar-refractivity contribution < 1.29 is 17.7 Å². The van der Waals surface area contributed by atoms with E-state index >= 15 is 0 Å². The number of amides is 1. The topological polar surface area (TPSA) is 83.7 Å². The van der Waals surface area contributed by atoms with Crippen molar-refractivity contribution in [3.8, 4) is 0 Å². The first-order chi connectivity index (χ1) is 12.4. The van der Waals surface area contributed by atoms with Crippen molar-refractivity contribution in [2.75, 3.05) is 26.2 Å². The highest BCUT2D eigenvalue weighted by molar-refractivity contribution is 7.89. The van der Waals surface area contributed by atoms with Crippen LogP contribution in [-0.2, 0) is 21.2 Å². The van der Waals surface area contributed by atoms with E-state index in [0.717, 1.165) is 5.56 Å². The fraction of sp³-hybridized carbons (Fsp3) is 0.444. The Kier molecular flexibility index (Phi) is 5.43. The highest BCUT2D eigenvalue weighted by Gasteiger charge is 2.32. The Bertz CT molecular complexity index is 858. The van der Waals surface area contributed by atoms with E-state index in [1.54, 1.807) is 18.7 Å². The Morgan fingerprint density at radius 3 is 2.50 bits per heavy atom. The van der Waals surface area contributed by atoms with Crippen molar-refractivity contribution in [1.29, 1.82) is 0 Å². The molecule has 1 amide bonds. The summed E-state index contributed by atoms with van der Waals surface area (Å²) in [6, 6.07) is 9.57. The second-order valence-electron chi connectivity index (χ2n) is 6.45. The second kappa shape index (κ2) is 7.59. The molecule has 7 nitrogen and oxygen atoms in total. The van der Waals surface area contributed by atoms with Gasteiger partial charge in [0.25, 0.3) is 0 Å². The predicted molar refractivity (Wildman–Crippen MR) is 96.1 cm³/mol.